The van der Waals surface area contributed by atoms with Crippen molar-refractivity contribution in [1.82, 2.24) is 0 Å². The average molecular weight is 342 g/mol. The zero-order valence-electron chi connectivity index (χ0n) is 14.0. The summed E-state index contributed by atoms with van der Waals surface area (Å²) in [7, 11) is 0. The third kappa shape index (κ3) is 7.18. The van der Waals surface area contributed by atoms with Gasteiger partial charge in [0.2, 0.25) is 0 Å². The maximum atomic E-state index is 11.7. The molecule has 5 nitrogen and oxygen atoms in total. The molecule has 2 rings (SSSR count). The second-order valence-corrected chi connectivity index (χ2v) is 5.58. The summed E-state index contributed by atoms with van der Waals surface area (Å²) in [6, 6.07) is 19.2. The number of benzene rings is 2. The van der Waals surface area contributed by atoms with Crippen molar-refractivity contribution in [2.75, 3.05) is 13.2 Å². The molecular formula is C20H22O5. The number of aliphatic hydroxyl groups is 1. The molecule has 0 saturated heterocycles. The van der Waals surface area contributed by atoms with Crippen LogP contribution in [0.1, 0.15) is 17.5 Å². The van der Waals surface area contributed by atoms with Crippen molar-refractivity contribution in [2.45, 2.75) is 25.4 Å². The first kappa shape index (κ1) is 18.7. The van der Waals surface area contributed by atoms with E-state index in [-0.39, 0.29) is 13.2 Å². The van der Waals surface area contributed by atoms with Gasteiger partial charge in [-0.1, -0.05) is 60.7 Å². The highest BCUT2D eigenvalue weighted by Gasteiger charge is 2.21. The molecule has 0 aromatic heterocycles. The van der Waals surface area contributed by atoms with Gasteiger partial charge in [0, 0.05) is 12.8 Å². The lowest BCUT2D eigenvalue weighted by atomic mass is 10.2. The Morgan fingerprint density at radius 1 is 0.800 bits per heavy atom. The Morgan fingerprint density at radius 3 is 1.80 bits per heavy atom. The van der Waals surface area contributed by atoms with Gasteiger partial charge in [-0.25, -0.2) is 4.79 Å². The molecule has 1 unspecified atom stereocenters. The number of aliphatic hydroxyl groups excluding tert-OH is 1. The third-order valence-electron chi connectivity index (χ3n) is 3.61. The number of hydrogen-bond acceptors (Lipinski definition) is 5. The van der Waals surface area contributed by atoms with Crippen LogP contribution in [0.25, 0.3) is 0 Å². The predicted octanol–water partition coefficient (Wildman–Crippen LogP) is 2.31. The second kappa shape index (κ2) is 10.3. The molecular weight excluding hydrogens is 320 g/mol. The van der Waals surface area contributed by atoms with Gasteiger partial charge in [0.05, 0.1) is 19.6 Å². The molecule has 2 aromatic carbocycles. The SMILES string of the molecule is O=C(CC(O)C(=O)OCCc1ccccc1)OCCc1ccccc1. The molecule has 0 radical (unpaired) electrons. The van der Waals surface area contributed by atoms with Crippen LogP contribution < -0.4 is 0 Å². The Morgan fingerprint density at radius 2 is 1.28 bits per heavy atom. The first-order valence-corrected chi connectivity index (χ1v) is 8.23. The molecule has 0 saturated carbocycles. The molecule has 25 heavy (non-hydrogen) atoms. The second-order valence-electron chi connectivity index (χ2n) is 5.58. The zero-order chi connectivity index (χ0) is 17.9. The van der Waals surface area contributed by atoms with Crippen LogP contribution in [0.2, 0.25) is 0 Å². The maximum absolute atomic E-state index is 11.7. The van der Waals surface area contributed by atoms with Gasteiger partial charge >= 0.3 is 11.9 Å². The monoisotopic (exact) mass is 342 g/mol. The topological polar surface area (TPSA) is 72.8 Å². The molecule has 1 atom stereocenters. The molecule has 0 bridgehead atoms. The standard InChI is InChI=1S/C20H22O5/c21-18(20(23)25-14-12-17-9-5-2-6-10-17)15-19(22)24-13-11-16-7-3-1-4-8-16/h1-10,18,21H,11-15H2. The largest absolute Gasteiger partial charge is 0.465 e. The van der Waals surface area contributed by atoms with Crippen molar-refractivity contribution in [1.29, 1.82) is 0 Å². The first-order valence-electron chi connectivity index (χ1n) is 8.23. The van der Waals surface area contributed by atoms with E-state index in [1.54, 1.807) is 0 Å². The van der Waals surface area contributed by atoms with Gasteiger partial charge in [-0.15, -0.1) is 0 Å². The fraction of sp³-hybridized carbons (Fsp3) is 0.300. The summed E-state index contributed by atoms with van der Waals surface area (Å²) in [6.45, 7) is 0.363. The van der Waals surface area contributed by atoms with Gasteiger partial charge in [0.25, 0.3) is 0 Å². The van der Waals surface area contributed by atoms with Gasteiger partial charge in [0.15, 0.2) is 6.10 Å². The number of rotatable bonds is 9. The van der Waals surface area contributed by atoms with Crippen molar-refractivity contribution < 1.29 is 24.2 Å². The lowest BCUT2D eigenvalue weighted by Gasteiger charge is -2.11. The fourth-order valence-corrected chi connectivity index (χ4v) is 2.24. The van der Waals surface area contributed by atoms with Crippen molar-refractivity contribution in [3.8, 4) is 0 Å². The number of hydrogen-bond donors (Lipinski definition) is 1. The lowest BCUT2D eigenvalue weighted by Crippen LogP contribution is -2.27. The molecule has 5 heteroatoms. The van der Waals surface area contributed by atoms with E-state index in [1.807, 2.05) is 60.7 Å². The van der Waals surface area contributed by atoms with E-state index in [0.717, 1.165) is 11.1 Å². The molecule has 132 valence electrons. The summed E-state index contributed by atoms with van der Waals surface area (Å²) >= 11 is 0. The van der Waals surface area contributed by atoms with E-state index < -0.39 is 24.5 Å². The van der Waals surface area contributed by atoms with Gasteiger partial charge in [-0.05, 0) is 11.1 Å². The van der Waals surface area contributed by atoms with E-state index in [2.05, 4.69) is 0 Å². The molecule has 0 aliphatic heterocycles. The van der Waals surface area contributed by atoms with Gasteiger partial charge in [-0.2, -0.15) is 0 Å². The number of carbonyl (C=O) groups excluding carboxylic acids is 2. The van der Waals surface area contributed by atoms with Crippen LogP contribution in [0, 0.1) is 0 Å². The van der Waals surface area contributed by atoms with E-state index in [4.69, 9.17) is 9.47 Å². The van der Waals surface area contributed by atoms with E-state index in [1.165, 1.54) is 0 Å². The molecule has 0 aliphatic rings. The minimum atomic E-state index is -1.50. The van der Waals surface area contributed by atoms with Crippen LogP contribution in [0.4, 0.5) is 0 Å². The molecule has 0 spiro atoms. The van der Waals surface area contributed by atoms with Crippen molar-refractivity contribution in [2.24, 2.45) is 0 Å². The predicted molar refractivity (Wildman–Crippen MR) is 92.8 cm³/mol. The summed E-state index contributed by atoms with van der Waals surface area (Å²) in [5.41, 5.74) is 2.08. The molecule has 0 amide bonds. The average Bonchev–Trinajstić information content (AvgIpc) is 2.63. The number of esters is 2. The van der Waals surface area contributed by atoms with Crippen LogP contribution in [-0.2, 0) is 31.9 Å². The summed E-state index contributed by atoms with van der Waals surface area (Å²) < 4.78 is 10.0. The molecule has 1 N–H and O–H groups in total. The first-order chi connectivity index (χ1) is 12.1. The molecule has 2 aromatic rings. The van der Waals surface area contributed by atoms with Crippen LogP contribution in [0.15, 0.2) is 60.7 Å². The highest BCUT2D eigenvalue weighted by molar-refractivity contribution is 5.81. The highest BCUT2D eigenvalue weighted by Crippen LogP contribution is 2.04. The smallest absolute Gasteiger partial charge is 0.335 e. The van der Waals surface area contributed by atoms with E-state index in [9.17, 15) is 14.7 Å². The highest BCUT2D eigenvalue weighted by atomic mass is 16.6. The van der Waals surface area contributed by atoms with Crippen molar-refractivity contribution in [3.63, 3.8) is 0 Å². The maximum Gasteiger partial charge on any atom is 0.335 e. The van der Waals surface area contributed by atoms with Crippen LogP contribution in [0.5, 0.6) is 0 Å². The molecule has 0 aliphatic carbocycles. The van der Waals surface area contributed by atoms with Crippen LogP contribution in [0.3, 0.4) is 0 Å². The van der Waals surface area contributed by atoms with Gasteiger partial charge in [-0.3, -0.25) is 4.79 Å². The third-order valence-corrected chi connectivity index (χ3v) is 3.61. The minimum Gasteiger partial charge on any atom is -0.465 e. The Balaban J connectivity index is 1.61. The summed E-state index contributed by atoms with van der Waals surface area (Å²) in [5.74, 6) is -1.43. The minimum absolute atomic E-state index is 0.156. The van der Waals surface area contributed by atoms with Gasteiger partial charge < -0.3 is 14.6 Å². The summed E-state index contributed by atoms with van der Waals surface area (Å²) in [6.07, 6.45) is -0.760. The lowest BCUT2D eigenvalue weighted by molar-refractivity contribution is -0.160. The Bertz CT molecular complexity index is 654. The Hall–Kier alpha value is -2.66. The molecule has 0 heterocycles. The van der Waals surface area contributed by atoms with Crippen molar-refractivity contribution in [3.05, 3.63) is 71.8 Å². The molecule has 0 fully saturated rings. The number of carbonyl (C=O) groups is 2. The Kier molecular flexibility index (Phi) is 7.66. The summed E-state index contributed by atoms with van der Waals surface area (Å²) in [5, 5.41) is 9.73. The van der Waals surface area contributed by atoms with Crippen molar-refractivity contribution >= 4 is 11.9 Å². The van der Waals surface area contributed by atoms with Crippen LogP contribution >= 0.6 is 0 Å². The zero-order valence-corrected chi connectivity index (χ0v) is 14.0. The normalized spacial score (nSPS) is 11.6. The fourth-order valence-electron chi connectivity index (χ4n) is 2.24. The van der Waals surface area contributed by atoms with Gasteiger partial charge in [0.1, 0.15) is 0 Å². The van der Waals surface area contributed by atoms with E-state index in [0.29, 0.717) is 12.8 Å². The van der Waals surface area contributed by atoms with Crippen LogP contribution in [-0.4, -0.2) is 36.4 Å². The van der Waals surface area contributed by atoms with E-state index >= 15 is 0 Å². The Labute approximate surface area is 147 Å². The quantitative estimate of drug-likeness (QED) is 0.708. The number of ether oxygens (including phenoxy) is 2. The summed E-state index contributed by atoms with van der Waals surface area (Å²) in [4.78, 5) is 23.3.